The summed E-state index contributed by atoms with van der Waals surface area (Å²) in [6.45, 7) is 7.84. The van der Waals surface area contributed by atoms with Gasteiger partial charge in [0.05, 0.1) is 0 Å². The van der Waals surface area contributed by atoms with Gasteiger partial charge in [0.25, 0.3) is 0 Å². The highest BCUT2D eigenvalue weighted by molar-refractivity contribution is 4.95. The molecule has 0 saturated heterocycles. The molecule has 1 unspecified atom stereocenters. The Balaban J connectivity index is 3.45. The molecule has 1 heteroatoms. The van der Waals surface area contributed by atoms with Gasteiger partial charge in [0, 0.05) is 5.54 Å². The maximum atomic E-state index is 5.78. The Morgan fingerprint density at radius 1 is 1.67 bits per heavy atom. The summed E-state index contributed by atoms with van der Waals surface area (Å²) in [4.78, 5) is 0. The Morgan fingerprint density at radius 3 is 2.56 bits per heavy atom. The highest BCUT2D eigenvalue weighted by Crippen LogP contribution is 2.10. The Morgan fingerprint density at radius 2 is 2.22 bits per heavy atom. The van der Waals surface area contributed by atoms with Gasteiger partial charge in [-0.15, -0.1) is 6.58 Å². The first kappa shape index (κ1) is 8.70. The Kier molecular flexibility index (Phi) is 3.55. The fourth-order valence-corrected chi connectivity index (χ4v) is 0.660. The zero-order valence-electron chi connectivity index (χ0n) is 6.48. The standard InChI is InChI=1S/C8H17N/c1-4-6-7-8(3,9)5-2/h5H,2,4,6-7,9H2,1,3H3. The first-order chi connectivity index (χ1) is 4.12. The minimum atomic E-state index is -0.143. The summed E-state index contributed by atoms with van der Waals surface area (Å²) in [5.41, 5.74) is 5.64. The van der Waals surface area contributed by atoms with Gasteiger partial charge in [0.1, 0.15) is 0 Å². The van der Waals surface area contributed by atoms with Crippen LogP contribution in [0.1, 0.15) is 33.1 Å². The van der Waals surface area contributed by atoms with Gasteiger partial charge in [-0.1, -0.05) is 25.8 Å². The highest BCUT2D eigenvalue weighted by Gasteiger charge is 2.10. The average molecular weight is 127 g/mol. The normalized spacial score (nSPS) is 16.8. The van der Waals surface area contributed by atoms with Crippen LogP contribution in [0.3, 0.4) is 0 Å². The topological polar surface area (TPSA) is 26.0 Å². The molecule has 0 aromatic heterocycles. The first-order valence-electron chi connectivity index (χ1n) is 3.55. The maximum Gasteiger partial charge on any atom is 0.0307 e. The van der Waals surface area contributed by atoms with Crippen LogP contribution < -0.4 is 5.73 Å². The third-order valence-corrected chi connectivity index (χ3v) is 1.54. The molecule has 0 heterocycles. The van der Waals surface area contributed by atoms with Crippen molar-refractivity contribution in [3.05, 3.63) is 12.7 Å². The monoisotopic (exact) mass is 127 g/mol. The van der Waals surface area contributed by atoms with Crippen molar-refractivity contribution in [2.45, 2.75) is 38.6 Å². The van der Waals surface area contributed by atoms with Crippen molar-refractivity contribution in [3.8, 4) is 0 Å². The van der Waals surface area contributed by atoms with Gasteiger partial charge in [-0.3, -0.25) is 0 Å². The summed E-state index contributed by atoms with van der Waals surface area (Å²) >= 11 is 0. The molecule has 1 atom stereocenters. The Bertz CT molecular complexity index is 84.6. The number of hydrogen-bond donors (Lipinski definition) is 1. The Hall–Kier alpha value is -0.300. The van der Waals surface area contributed by atoms with E-state index < -0.39 is 0 Å². The predicted octanol–water partition coefficient (Wildman–Crippen LogP) is 2.08. The largest absolute Gasteiger partial charge is 0.322 e. The van der Waals surface area contributed by atoms with Crippen LogP contribution in [0.2, 0.25) is 0 Å². The van der Waals surface area contributed by atoms with Crippen molar-refractivity contribution >= 4 is 0 Å². The van der Waals surface area contributed by atoms with Crippen molar-refractivity contribution < 1.29 is 0 Å². The van der Waals surface area contributed by atoms with Crippen LogP contribution in [0.5, 0.6) is 0 Å². The smallest absolute Gasteiger partial charge is 0.0307 e. The molecule has 54 valence electrons. The van der Waals surface area contributed by atoms with Gasteiger partial charge < -0.3 is 5.73 Å². The minimum absolute atomic E-state index is 0.143. The molecule has 0 aromatic rings. The van der Waals surface area contributed by atoms with Crippen LogP contribution in [0.15, 0.2) is 12.7 Å². The lowest BCUT2D eigenvalue weighted by Crippen LogP contribution is -2.32. The van der Waals surface area contributed by atoms with Crippen LogP contribution in [-0.4, -0.2) is 5.54 Å². The lowest BCUT2D eigenvalue weighted by atomic mass is 9.97. The fraction of sp³-hybridized carbons (Fsp3) is 0.750. The lowest BCUT2D eigenvalue weighted by molar-refractivity contribution is 0.507. The molecular weight excluding hydrogens is 110 g/mol. The molecule has 0 aliphatic rings. The van der Waals surface area contributed by atoms with Gasteiger partial charge >= 0.3 is 0 Å². The van der Waals surface area contributed by atoms with E-state index in [1.807, 2.05) is 13.0 Å². The number of rotatable bonds is 4. The van der Waals surface area contributed by atoms with E-state index in [0.29, 0.717) is 0 Å². The summed E-state index contributed by atoms with van der Waals surface area (Å²) in [6, 6.07) is 0. The van der Waals surface area contributed by atoms with Crippen molar-refractivity contribution in [1.29, 1.82) is 0 Å². The second-order valence-electron chi connectivity index (χ2n) is 2.81. The summed E-state index contributed by atoms with van der Waals surface area (Å²) in [5.74, 6) is 0. The van der Waals surface area contributed by atoms with Gasteiger partial charge in [0.2, 0.25) is 0 Å². The van der Waals surface area contributed by atoms with Crippen LogP contribution in [-0.2, 0) is 0 Å². The van der Waals surface area contributed by atoms with Crippen LogP contribution in [0.4, 0.5) is 0 Å². The second kappa shape index (κ2) is 3.67. The van der Waals surface area contributed by atoms with E-state index in [-0.39, 0.29) is 5.54 Å². The van der Waals surface area contributed by atoms with E-state index in [1.165, 1.54) is 12.8 Å². The molecule has 1 nitrogen and oxygen atoms in total. The molecule has 9 heavy (non-hydrogen) atoms. The molecule has 0 fully saturated rings. The van der Waals surface area contributed by atoms with Crippen LogP contribution in [0, 0.1) is 0 Å². The van der Waals surface area contributed by atoms with Crippen LogP contribution in [0.25, 0.3) is 0 Å². The first-order valence-corrected chi connectivity index (χ1v) is 3.55. The van der Waals surface area contributed by atoms with Gasteiger partial charge in [-0.2, -0.15) is 0 Å². The predicted molar refractivity (Wildman–Crippen MR) is 42.3 cm³/mol. The van der Waals surface area contributed by atoms with Crippen molar-refractivity contribution in [2.75, 3.05) is 0 Å². The molecule has 0 aliphatic heterocycles. The lowest BCUT2D eigenvalue weighted by Gasteiger charge is -2.18. The summed E-state index contributed by atoms with van der Waals surface area (Å²) in [6.07, 6.45) is 5.27. The number of unbranched alkanes of at least 4 members (excludes halogenated alkanes) is 1. The van der Waals surface area contributed by atoms with E-state index in [4.69, 9.17) is 5.73 Å². The third-order valence-electron chi connectivity index (χ3n) is 1.54. The fourth-order valence-electron chi connectivity index (χ4n) is 0.660. The number of hydrogen-bond acceptors (Lipinski definition) is 1. The van der Waals surface area contributed by atoms with Gasteiger partial charge in [-0.05, 0) is 13.3 Å². The third kappa shape index (κ3) is 4.22. The molecule has 0 spiro atoms. The van der Waals surface area contributed by atoms with E-state index >= 15 is 0 Å². The highest BCUT2D eigenvalue weighted by atomic mass is 14.7. The van der Waals surface area contributed by atoms with Gasteiger partial charge in [-0.25, -0.2) is 0 Å². The summed E-state index contributed by atoms with van der Waals surface area (Å²) in [5, 5.41) is 0. The molecule has 0 saturated carbocycles. The molecule has 0 aromatic carbocycles. The Labute approximate surface area is 57.9 Å². The number of nitrogens with two attached hydrogens (primary N) is 1. The molecule has 2 N–H and O–H groups in total. The minimum Gasteiger partial charge on any atom is -0.322 e. The summed E-state index contributed by atoms with van der Waals surface area (Å²) in [7, 11) is 0. The maximum absolute atomic E-state index is 5.78. The van der Waals surface area contributed by atoms with E-state index in [1.54, 1.807) is 0 Å². The molecule has 0 bridgehead atoms. The van der Waals surface area contributed by atoms with E-state index in [2.05, 4.69) is 13.5 Å². The average Bonchev–Trinajstić information content (AvgIpc) is 1.84. The van der Waals surface area contributed by atoms with Gasteiger partial charge in [0.15, 0.2) is 0 Å². The van der Waals surface area contributed by atoms with E-state index in [9.17, 15) is 0 Å². The molecule has 0 radical (unpaired) electrons. The van der Waals surface area contributed by atoms with Crippen LogP contribution >= 0.6 is 0 Å². The summed E-state index contributed by atoms with van der Waals surface area (Å²) < 4.78 is 0. The van der Waals surface area contributed by atoms with Crippen molar-refractivity contribution in [2.24, 2.45) is 5.73 Å². The van der Waals surface area contributed by atoms with Crippen molar-refractivity contribution in [3.63, 3.8) is 0 Å². The zero-order chi connectivity index (χ0) is 7.33. The molecule has 0 amide bonds. The zero-order valence-corrected chi connectivity index (χ0v) is 6.48. The second-order valence-corrected chi connectivity index (χ2v) is 2.81. The SMILES string of the molecule is C=CC(C)(N)CCCC. The van der Waals surface area contributed by atoms with E-state index in [0.717, 1.165) is 6.42 Å². The molecular formula is C8H17N. The molecule has 0 rings (SSSR count). The quantitative estimate of drug-likeness (QED) is 0.575. The molecule has 0 aliphatic carbocycles. The van der Waals surface area contributed by atoms with Crippen molar-refractivity contribution in [1.82, 2.24) is 0 Å².